The molecule has 22 heavy (non-hydrogen) atoms. The number of ether oxygens (including phenoxy) is 1. The number of H-pyrrole nitrogens is 1. The molecule has 1 aromatic rings. The summed E-state index contributed by atoms with van der Waals surface area (Å²) in [6.45, 7) is 8.12. The van der Waals surface area contributed by atoms with Gasteiger partial charge in [-0.15, -0.1) is 0 Å². The first kappa shape index (κ1) is 16.9. The minimum Gasteiger partial charge on any atom is -0.462 e. The quantitative estimate of drug-likeness (QED) is 0.780. The molecule has 0 radical (unpaired) electrons. The van der Waals surface area contributed by atoms with Crippen LogP contribution >= 0.6 is 0 Å². The van der Waals surface area contributed by atoms with Gasteiger partial charge in [0.1, 0.15) is 5.56 Å². The zero-order chi connectivity index (χ0) is 16.3. The van der Waals surface area contributed by atoms with Crippen molar-refractivity contribution >= 4 is 16.0 Å². The van der Waals surface area contributed by atoms with Gasteiger partial charge in [-0.25, -0.2) is 13.2 Å². The van der Waals surface area contributed by atoms with E-state index in [0.717, 1.165) is 0 Å². The fourth-order valence-corrected chi connectivity index (χ4v) is 3.90. The average Bonchev–Trinajstić information content (AvgIpc) is 2.98. The van der Waals surface area contributed by atoms with Crippen molar-refractivity contribution in [2.75, 3.05) is 32.8 Å². The lowest BCUT2D eigenvalue weighted by Gasteiger charge is -2.35. The third-order valence-electron chi connectivity index (χ3n) is 3.70. The summed E-state index contributed by atoms with van der Waals surface area (Å²) >= 11 is 0. The lowest BCUT2D eigenvalue weighted by Crippen LogP contribution is -2.50. The zero-order valence-corrected chi connectivity index (χ0v) is 13.9. The molecular weight excluding hydrogens is 308 g/mol. The van der Waals surface area contributed by atoms with Crippen LogP contribution in [-0.4, -0.2) is 72.6 Å². The molecule has 1 aliphatic heterocycles. The molecule has 0 spiro atoms. The van der Waals surface area contributed by atoms with E-state index < -0.39 is 16.0 Å². The normalized spacial score (nSPS) is 17.8. The number of carbonyl (C=O) groups excluding carboxylic acids is 1. The summed E-state index contributed by atoms with van der Waals surface area (Å²) in [7, 11) is -3.77. The number of esters is 1. The molecule has 1 N–H and O–H groups in total. The Morgan fingerprint density at radius 3 is 2.55 bits per heavy atom. The Morgan fingerprint density at radius 2 is 2.00 bits per heavy atom. The Labute approximate surface area is 130 Å². The van der Waals surface area contributed by atoms with Crippen molar-refractivity contribution in [3.63, 3.8) is 0 Å². The third-order valence-corrected chi connectivity index (χ3v) is 5.57. The van der Waals surface area contributed by atoms with Crippen LogP contribution in [0.3, 0.4) is 0 Å². The lowest BCUT2D eigenvalue weighted by atomic mass is 10.3. The summed E-state index contributed by atoms with van der Waals surface area (Å²) in [6, 6.07) is 0.382. The predicted octanol–water partition coefficient (Wildman–Crippen LogP) is 0.301. The number of hydrogen-bond acceptors (Lipinski definition) is 6. The van der Waals surface area contributed by atoms with E-state index in [4.69, 9.17) is 4.74 Å². The van der Waals surface area contributed by atoms with Crippen LogP contribution in [0.15, 0.2) is 11.2 Å². The Kier molecular flexibility index (Phi) is 5.20. The van der Waals surface area contributed by atoms with Gasteiger partial charge in [-0.2, -0.15) is 9.40 Å². The number of hydrogen-bond donors (Lipinski definition) is 1. The second-order valence-electron chi connectivity index (χ2n) is 5.37. The van der Waals surface area contributed by atoms with Crippen molar-refractivity contribution in [1.82, 2.24) is 19.4 Å². The molecule has 1 fully saturated rings. The van der Waals surface area contributed by atoms with Crippen molar-refractivity contribution < 1.29 is 17.9 Å². The zero-order valence-electron chi connectivity index (χ0n) is 13.1. The maximum atomic E-state index is 12.7. The monoisotopic (exact) mass is 330 g/mol. The highest BCUT2D eigenvalue weighted by Crippen LogP contribution is 2.20. The van der Waals surface area contributed by atoms with Crippen molar-refractivity contribution in [2.45, 2.75) is 31.8 Å². The molecule has 2 rings (SSSR count). The number of aromatic nitrogens is 2. The molecule has 0 aliphatic carbocycles. The van der Waals surface area contributed by atoms with Crippen LogP contribution in [-0.2, 0) is 14.8 Å². The van der Waals surface area contributed by atoms with Crippen molar-refractivity contribution in [1.29, 1.82) is 0 Å². The maximum absolute atomic E-state index is 12.7. The van der Waals surface area contributed by atoms with Crippen molar-refractivity contribution in [3.05, 3.63) is 11.8 Å². The van der Waals surface area contributed by atoms with Gasteiger partial charge in [0.05, 0.1) is 12.8 Å². The summed E-state index contributed by atoms with van der Waals surface area (Å²) in [4.78, 5) is 14.0. The van der Waals surface area contributed by atoms with Gasteiger partial charge >= 0.3 is 5.97 Å². The highest BCUT2D eigenvalue weighted by Gasteiger charge is 2.34. The third kappa shape index (κ3) is 3.31. The van der Waals surface area contributed by atoms with E-state index in [9.17, 15) is 13.2 Å². The van der Waals surface area contributed by atoms with Crippen LogP contribution < -0.4 is 0 Å². The second kappa shape index (κ2) is 6.76. The van der Waals surface area contributed by atoms with Gasteiger partial charge in [-0.1, -0.05) is 0 Å². The number of sulfonamides is 1. The number of nitrogens with one attached hydrogen (secondary N) is 1. The number of nitrogens with zero attached hydrogens (tertiary/aromatic N) is 3. The van der Waals surface area contributed by atoms with Gasteiger partial charge in [0.15, 0.2) is 5.03 Å². The molecule has 1 aliphatic rings. The lowest BCUT2D eigenvalue weighted by molar-refractivity contribution is 0.0521. The summed E-state index contributed by atoms with van der Waals surface area (Å²) in [6.07, 6.45) is 1.19. The van der Waals surface area contributed by atoms with Gasteiger partial charge in [0.25, 0.3) is 10.0 Å². The van der Waals surface area contributed by atoms with Gasteiger partial charge in [-0.05, 0) is 20.8 Å². The molecule has 0 saturated carbocycles. The molecule has 1 saturated heterocycles. The van der Waals surface area contributed by atoms with Crippen LogP contribution in [0.2, 0.25) is 0 Å². The maximum Gasteiger partial charge on any atom is 0.342 e. The van der Waals surface area contributed by atoms with Crippen LogP contribution in [0.5, 0.6) is 0 Å². The smallest absolute Gasteiger partial charge is 0.342 e. The summed E-state index contributed by atoms with van der Waals surface area (Å²) in [5.74, 6) is -0.685. The molecule has 0 unspecified atom stereocenters. The van der Waals surface area contributed by atoms with E-state index in [1.165, 1.54) is 10.5 Å². The van der Waals surface area contributed by atoms with E-state index in [2.05, 4.69) is 28.9 Å². The molecule has 0 bridgehead atoms. The van der Waals surface area contributed by atoms with Crippen LogP contribution in [0.25, 0.3) is 0 Å². The minimum atomic E-state index is -3.77. The first-order valence-electron chi connectivity index (χ1n) is 7.32. The SMILES string of the molecule is CCOC(=O)c1cn[nH]c1S(=O)(=O)N1CCN(C(C)C)CC1. The topological polar surface area (TPSA) is 95.6 Å². The van der Waals surface area contributed by atoms with Crippen molar-refractivity contribution in [3.8, 4) is 0 Å². The standard InChI is InChI=1S/C13H22N4O4S/c1-4-21-13(18)11-9-14-15-12(11)22(19,20)17-7-5-16(6-8-17)10(2)3/h9-10H,4-8H2,1-3H3,(H,14,15). The van der Waals surface area contributed by atoms with Crippen LogP contribution in [0.4, 0.5) is 0 Å². The number of carbonyl (C=O) groups is 1. The molecule has 124 valence electrons. The molecule has 1 aromatic heterocycles. The van der Waals surface area contributed by atoms with E-state index in [1.807, 2.05) is 0 Å². The van der Waals surface area contributed by atoms with E-state index in [0.29, 0.717) is 32.2 Å². The molecular formula is C13H22N4O4S. The van der Waals surface area contributed by atoms with Crippen LogP contribution in [0, 0.1) is 0 Å². The second-order valence-corrected chi connectivity index (χ2v) is 7.24. The first-order valence-corrected chi connectivity index (χ1v) is 8.76. The predicted molar refractivity (Wildman–Crippen MR) is 80.0 cm³/mol. The molecule has 9 heteroatoms. The Hall–Kier alpha value is -1.45. The van der Waals surface area contributed by atoms with Gasteiger partial charge in [0.2, 0.25) is 0 Å². The molecule has 0 atom stereocenters. The van der Waals surface area contributed by atoms with Crippen LogP contribution in [0.1, 0.15) is 31.1 Å². The van der Waals surface area contributed by atoms with Gasteiger partial charge in [-0.3, -0.25) is 10.00 Å². The number of rotatable bonds is 5. The number of piperazine rings is 1. The first-order chi connectivity index (χ1) is 10.4. The highest BCUT2D eigenvalue weighted by atomic mass is 32.2. The largest absolute Gasteiger partial charge is 0.462 e. The van der Waals surface area contributed by atoms with E-state index in [-0.39, 0.29) is 17.2 Å². The van der Waals surface area contributed by atoms with E-state index >= 15 is 0 Å². The Balaban J connectivity index is 2.18. The fourth-order valence-electron chi connectivity index (χ4n) is 2.41. The molecule has 8 nitrogen and oxygen atoms in total. The molecule has 0 aromatic carbocycles. The molecule has 2 heterocycles. The fraction of sp³-hybridized carbons (Fsp3) is 0.692. The summed E-state index contributed by atoms with van der Waals surface area (Å²) in [5, 5.41) is 5.92. The number of aromatic amines is 1. The molecule has 0 amide bonds. The van der Waals surface area contributed by atoms with Gasteiger partial charge < -0.3 is 4.74 Å². The minimum absolute atomic E-state index is 0.0480. The Bertz CT molecular complexity index is 618. The van der Waals surface area contributed by atoms with Gasteiger partial charge in [0, 0.05) is 32.2 Å². The van der Waals surface area contributed by atoms with E-state index in [1.54, 1.807) is 6.92 Å². The average molecular weight is 330 g/mol. The summed E-state index contributed by atoms with van der Waals surface area (Å²) < 4.78 is 31.6. The highest BCUT2D eigenvalue weighted by molar-refractivity contribution is 7.89. The Morgan fingerprint density at radius 1 is 1.36 bits per heavy atom. The van der Waals surface area contributed by atoms with Crippen molar-refractivity contribution in [2.24, 2.45) is 0 Å². The summed E-state index contributed by atoms with van der Waals surface area (Å²) in [5.41, 5.74) is -0.0480.